The van der Waals surface area contributed by atoms with Gasteiger partial charge in [0.05, 0.1) is 0 Å². The first-order chi connectivity index (χ1) is 9.44. The highest BCUT2D eigenvalue weighted by atomic mass is 15.1. The van der Waals surface area contributed by atoms with Crippen molar-refractivity contribution >= 4 is 0 Å². The zero-order valence-corrected chi connectivity index (χ0v) is 13.5. The van der Waals surface area contributed by atoms with Gasteiger partial charge in [-0.3, -0.25) is 0 Å². The molecule has 20 heavy (non-hydrogen) atoms. The molecule has 1 N–H and O–H groups in total. The summed E-state index contributed by atoms with van der Waals surface area (Å²) in [4.78, 5) is 7.02. The third-order valence-corrected chi connectivity index (χ3v) is 4.10. The second-order valence-corrected chi connectivity index (χ2v) is 7.14. The number of hydrogen-bond acceptors (Lipinski definition) is 3. The van der Waals surface area contributed by atoms with E-state index in [4.69, 9.17) is 0 Å². The smallest absolute Gasteiger partial charge is 0.109 e. The van der Waals surface area contributed by atoms with Gasteiger partial charge in [0.1, 0.15) is 5.82 Å². The maximum absolute atomic E-state index is 4.41. The number of nitrogens with zero attached hydrogens (tertiary/aromatic N) is 3. The first kappa shape index (κ1) is 15.5. The molecule has 1 aromatic rings. The molecule has 0 radical (unpaired) electrons. The molecule has 0 aliphatic carbocycles. The fourth-order valence-corrected chi connectivity index (χ4v) is 2.87. The molecule has 1 aromatic heterocycles. The van der Waals surface area contributed by atoms with Crippen molar-refractivity contribution < 1.29 is 0 Å². The Morgan fingerprint density at radius 1 is 1.40 bits per heavy atom. The van der Waals surface area contributed by atoms with Crippen LogP contribution in [0, 0.1) is 5.92 Å². The first-order valence-corrected chi connectivity index (χ1v) is 7.87. The maximum Gasteiger partial charge on any atom is 0.109 e. The van der Waals surface area contributed by atoms with Gasteiger partial charge in [-0.25, -0.2) is 4.98 Å². The van der Waals surface area contributed by atoms with Gasteiger partial charge in [0.25, 0.3) is 0 Å². The van der Waals surface area contributed by atoms with Crippen molar-refractivity contribution in [3.63, 3.8) is 0 Å². The average molecular weight is 278 g/mol. The Kier molecular flexibility index (Phi) is 5.22. The number of nitrogens with one attached hydrogen (secondary N) is 1. The van der Waals surface area contributed by atoms with Crippen LogP contribution in [0.2, 0.25) is 0 Å². The second kappa shape index (κ2) is 6.72. The molecule has 1 aliphatic heterocycles. The molecule has 1 unspecified atom stereocenters. The molecule has 4 nitrogen and oxygen atoms in total. The summed E-state index contributed by atoms with van der Waals surface area (Å²) in [7, 11) is 2.08. The van der Waals surface area contributed by atoms with Gasteiger partial charge in [0, 0.05) is 44.5 Å². The zero-order valence-electron chi connectivity index (χ0n) is 13.5. The summed E-state index contributed by atoms with van der Waals surface area (Å²) in [6.45, 7) is 11.5. The number of imidazole rings is 1. The van der Waals surface area contributed by atoms with Crippen molar-refractivity contribution in [2.24, 2.45) is 13.0 Å². The summed E-state index contributed by atoms with van der Waals surface area (Å²) in [5, 5.41) is 3.65. The van der Waals surface area contributed by atoms with Crippen molar-refractivity contribution in [3.8, 4) is 0 Å². The number of rotatable bonds is 5. The number of hydrogen-bond donors (Lipinski definition) is 1. The predicted octanol–water partition coefficient (Wildman–Crippen LogP) is 2.06. The molecule has 114 valence electrons. The summed E-state index contributed by atoms with van der Waals surface area (Å²) in [5.41, 5.74) is 0.231. The summed E-state index contributed by atoms with van der Waals surface area (Å²) >= 11 is 0. The van der Waals surface area contributed by atoms with Crippen LogP contribution in [0.15, 0.2) is 12.4 Å². The summed E-state index contributed by atoms with van der Waals surface area (Å²) in [6.07, 6.45) is 7.67. The van der Waals surface area contributed by atoms with Gasteiger partial charge < -0.3 is 14.8 Å². The molecule has 2 heterocycles. The van der Waals surface area contributed by atoms with E-state index in [1.165, 1.54) is 31.8 Å². The summed E-state index contributed by atoms with van der Waals surface area (Å²) in [5.74, 6) is 1.99. The highest BCUT2D eigenvalue weighted by molar-refractivity contribution is 4.92. The fourth-order valence-electron chi connectivity index (χ4n) is 2.87. The van der Waals surface area contributed by atoms with E-state index < -0.39 is 0 Å². The van der Waals surface area contributed by atoms with Gasteiger partial charge in [-0.15, -0.1) is 0 Å². The quantitative estimate of drug-likeness (QED) is 0.895. The van der Waals surface area contributed by atoms with Gasteiger partial charge >= 0.3 is 0 Å². The van der Waals surface area contributed by atoms with Crippen molar-refractivity contribution in [2.75, 3.05) is 26.2 Å². The Hall–Kier alpha value is -0.870. The number of piperidine rings is 1. The molecule has 1 fully saturated rings. The molecule has 4 heteroatoms. The summed E-state index contributed by atoms with van der Waals surface area (Å²) in [6, 6.07) is 0. The minimum absolute atomic E-state index is 0.231. The highest BCUT2D eigenvalue weighted by Crippen LogP contribution is 2.17. The molecule has 0 bridgehead atoms. The van der Waals surface area contributed by atoms with Crippen LogP contribution in [0.3, 0.4) is 0 Å². The lowest BCUT2D eigenvalue weighted by Gasteiger charge is -2.34. The van der Waals surface area contributed by atoms with Crippen LogP contribution in [-0.2, 0) is 13.5 Å². The minimum atomic E-state index is 0.231. The van der Waals surface area contributed by atoms with Crippen molar-refractivity contribution in [3.05, 3.63) is 18.2 Å². The standard InChI is InChI=1S/C16H30N4/c1-16(2,3)18-12-14-6-5-9-20(13-14)10-7-15-17-8-11-19(15)4/h8,11,14,18H,5-7,9-10,12-13H2,1-4H3. The first-order valence-electron chi connectivity index (χ1n) is 7.87. The van der Waals surface area contributed by atoms with E-state index in [0.29, 0.717) is 0 Å². The van der Waals surface area contributed by atoms with Crippen LogP contribution in [0.5, 0.6) is 0 Å². The van der Waals surface area contributed by atoms with Gasteiger partial charge in [0.2, 0.25) is 0 Å². The monoisotopic (exact) mass is 278 g/mol. The van der Waals surface area contributed by atoms with Gasteiger partial charge in [-0.1, -0.05) is 0 Å². The van der Waals surface area contributed by atoms with E-state index >= 15 is 0 Å². The van der Waals surface area contributed by atoms with Crippen molar-refractivity contribution in [1.29, 1.82) is 0 Å². The molecule has 0 amide bonds. The predicted molar refractivity (Wildman–Crippen MR) is 83.8 cm³/mol. The average Bonchev–Trinajstić information content (AvgIpc) is 2.79. The van der Waals surface area contributed by atoms with Crippen molar-refractivity contribution in [2.45, 2.75) is 45.6 Å². The lowest BCUT2D eigenvalue weighted by atomic mass is 9.96. The van der Waals surface area contributed by atoms with Crippen LogP contribution in [0.1, 0.15) is 39.4 Å². The van der Waals surface area contributed by atoms with Crippen LogP contribution in [-0.4, -0.2) is 46.2 Å². The van der Waals surface area contributed by atoms with E-state index in [9.17, 15) is 0 Å². The number of aryl methyl sites for hydroxylation is 1. The molecule has 2 rings (SSSR count). The lowest BCUT2D eigenvalue weighted by molar-refractivity contribution is 0.167. The minimum Gasteiger partial charge on any atom is -0.338 e. The van der Waals surface area contributed by atoms with Crippen LogP contribution >= 0.6 is 0 Å². The highest BCUT2D eigenvalue weighted by Gasteiger charge is 2.21. The Bertz CT molecular complexity index is 405. The van der Waals surface area contributed by atoms with Crippen LogP contribution in [0.4, 0.5) is 0 Å². The molecule has 1 atom stereocenters. The third kappa shape index (κ3) is 4.91. The zero-order chi connectivity index (χ0) is 14.6. The third-order valence-electron chi connectivity index (χ3n) is 4.10. The lowest BCUT2D eigenvalue weighted by Crippen LogP contribution is -2.45. The van der Waals surface area contributed by atoms with E-state index in [-0.39, 0.29) is 5.54 Å². The topological polar surface area (TPSA) is 33.1 Å². The normalized spacial score (nSPS) is 21.3. The van der Waals surface area contributed by atoms with E-state index in [1.807, 2.05) is 12.4 Å². The van der Waals surface area contributed by atoms with Crippen LogP contribution in [0.25, 0.3) is 0 Å². The SMILES string of the molecule is Cn1ccnc1CCN1CCCC(CNC(C)(C)C)C1. The fraction of sp³-hybridized carbons (Fsp3) is 0.812. The molecule has 1 saturated heterocycles. The Labute approximate surface area is 123 Å². The maximum atomic E-state index is 4.41. The Balaban J connectivity index is 1.74. The second-order valence-electron chi connectivity index (χ2n) is 7.14. The van der Waals surface area contributed by atoms with Crippen molar-refractivity contribution in [1.82, 2.24) is 19.8 Å². The largest absolute Gasteiger partial charge is 0.338 e. The molecule has 0 saturated carbocycles. The number of likely N-dealkylation sites (tertiary alicyclic amines) is 1. The molecule has 1 aliphatic rings. The molecular formula is C16H30N4. The van der Waals surface area contributed by atoms with Gasteiger partial charge in [0.15, 0.2) is 0 Å². The van der Waals surface area contributed by atoms with E-state index in [0.717, 1.165) is 25.4 Å². The molecule has 0 spiro atoms. The Morgan fingerprint density at radius 2 is 2.20 bits per heavy atom. The van der Waals surface area contributed by atoms with E-state index in [1.54, 1.807) is 0 Å². The summed E-state index contributed by atoms with van der Waals surface area (Å²) < 4.78 is 2.13. The van der Waals surface area contributed by atoms with E-state index in [2.05, 4.69) is 47.6 Å². The number of aromatic nitrogens is 2. The van der Waals surface area contributed by atoms with Gasteiger partial charge in [-0.05, 0) is 52.6 Å². The van der Waals surface area contributed by atoms with Gasteiger partial charge in [-0.2, -0.15) is 0 Å². The Morgan fingerprint density at radius 3 is 2.85 bits per heavy atom. The van der Waals surface area contributed by atoms with Crippen LogP contribution < -0.4 is 5.32 Å². The molecule has 0 aromatic carbocycles. The molecular weight excluding hydrogens is 248 g/mol.